The molecule has 1 aliphatic rings. The second-order valence-corrected chi connectivity index (χ2v) is 3.49. The van der Waals surface area contributed by atoms with E-state index in [-0.39, 0.29) is 17.5 Å². The lowest BCUT2D eigenvalue weighted by molar-refractivity contribution is -0.189. The largest absolute Gasteiger partial charge is 0.459 e. The van der Waals surface area contributed by atoms with E-state index in [9.17, 15) is 4.79 Å². The monoisotopic (exact) mass is 184 g/mol. The Morgan fingerprint density at radius 3 is 2.69 bits per heavy atom. The van der Waals surface area contributed by atoms with Crippen molar-refractivity contribution in [3.8, 4) is 0 Å². The lowest BCUT2D eigenvalue weighted by Gasteiger charge is -2.44. The maximum absolute atomic E-state index is 10.9. The lowest BCUT2D eigenvalue weighted by atomic mass is 9.78. The average molecular weight is 184 g/mol. The number of hydrogen-bond acceptors (Lipinski definition) is 3. The fourth-order valence-corrected chi connectivity index (χ4v) is 1.44. The van der Waals surface area contributed by atoms with E-state index >= 15 is 0 Å². The van der Waals surface area contributed by atoms with Crippen LogP contribution in [0.1, 0.15) is 20.3 Å². The number of ether oxygens (including phenoxy) is 2. The summed E-state index contributed by atoms with van der Waals surface area (Å²) in [6.07, 6.45) is 2.08. The third kappa shape index (κ3) is 1.91. The molecule has 0 saturated carbocycles. The zero-order chi connectivity index (χ0) is 9.90. The van der Waals surface area contributed by atoms with Gasteiger partial charge in [0.15, 0.2) is 0 Å². The van der Waals surface area contributed by atoms with E-state index in [0.29, 0.717) is 13.2 Å². The summed E-state index contributed by atoms with van der Waals surface area (Å²) in [6.45, 7) is 8.73. The molecule has 1 fully saturated rings. The summed E-state index contributed by atoms with van der Waals surface area (Å²) in [7, 11) is 0. The van der Waals surface area contributed by atoms with E-state index in [1.807, 2.05) is 6.92 Å². The van der Waals surface area contributed by atoms with Crippen molar-refractivity contribution in [3.05, 3.63) is 12.7 Å². The summed E-state index contributed by atoms with van der Waals surface area (Å²) >= 11 is 0. The summed E-state index contributed by atoms with van der Waals surface area (Å²) < 4.78 is 10.3. The molecule has 0 bridgehead atoms. The number of carbonyl (C=O) groups is 1. The molecule has 0 N–H and O–H groups in total. The summed E-state index contributed by atoms with van der Waals surface area (Å²) in [6, 6.07) is 0. The molecule has 0 aliphatic carbocycles. The van der Waals surface area contributed by atoms with Crippen molar-refractivity contribution in [1.82, 2.24) is 0 Å². The molecule has 3 nitrogen and oxygen atoms in total. The van der Waals surface area contributed by atoms with Crippen molar-refractivity contribution in [2.24, 2.45) is 5.41 Å². The quantitative estimate of drug-likeness (QED) is 0.491. The first-order chi connectivity index (χ1) is 6.14. The van der Waals surface area contributed by atoms with Crippen molar-refractivity contribution in [2.75, 3.05) is 13.2 Å². The van der Waals surface area contributed by atoms with Gasteiger partial charge in [-0.3, -0.25) is 0 Å². The van der Waals surface area contributed by atoms with E-state index in [2.05, 4.69) is 13.5 Å². The lowest BCUT2D eigenvalue weighted by Crippen LogP contribution is -2.51. The Bertz CT molecular complexity index is 201. The van der Waals surface area contributed by atoms with Crippen LogP contribution in [0.2, 0.25) is 0 Å². The van der Waals surface area contributed by atoms with Crippen molar-refractivity contribution in [3.63, 3.8) is 0 Å². The van der Waals surface area contributed by atoms with Gasteiger partial charge in [-0.05, 0) is 13.3 Å². The van der Waals surface area contributed by atoms with E-state index in [1.165, 1.54) is 6.08 Å². The van der Waals surface area contributed by atoms with E-state index < -0.39 is 0 Å². The molecule has 13 heavy (non-hydrogen) atoms. The highest BCUT2D eigenvalue weighted by Crippen LogP contribution is 2.36. The average Bonchev–Trinajstić information content (AvgIpc) is 2.03. The SMILES string of the molecule is C=CC(=O)OC(C)C1(CC)COC1. The first-order valence-corrected chi connectivity index (χ1v) is 4.55. The maximum atomic E-state index is 10.9. The minimum absolute atomic E-state index is 0.0403. The van der Waals surface area contributed by atoms with Crippen molar-refractivity contribution < 1.29 is 14.3 Å². The molecule has 1 saturated heterocycles. The van der Waals surface area contributed by atoms with Gasteiger partial charge in [0.2, 0.25) is 0 Å². The molecular formula is C10H16O3. The molecule has 1 aliphatic heterocycles. The standard InChI is InChI=1S/C10H16O3/c1-4-9(11)13-8(3)10(5-2)6-12-7-10/h4,8H,1,5-7H2,2-3H3. The van der Waals surface area contributed by atoms with Gasteiger partial charge in [-0.15, -0.1) is 0 Å². The van der Waals surface area contributed by atoms with Crippen LogP contribution in [0.3, 0.4) is 0 Å². The van der Waals surface area contributed by atoms with Gasteiger partial charge in [0.25, 0.3) is 0 Å². The molecule has 1 heterocycles. The topological polar surface area (TPSA) is 35.5 Å². The molecule has 1 atom stereocenters. The van der Waals surface area contributed by atoms with Crippen molar-refractivity contribution in [2.45, 2.75) is 26.4 Å². The predicted molar refractivity (Wildman–Crippen MR) is 49.3 cm³/mol. The van der Waals surface area contributed by atoms with Crippen LogP contribution in [0.5, 0.6) is 0 Å². The highest BCUT2D eigenvalue weighted by molar-refractivity contribution is 5.81. The summed E-state index contributed by atoms with van der Waals surface area (Å²) in [4.78, 5) is 10.9. The number of esters is 1. The molecule has 0 spiro atoms. The van der Waals surface area contributed by atoms with Gasteiger partial charge in [-0.1, -0.05) is 13.5 Å². The van der Waals surface area contributed by atoms with Crippen LogP contribution in [0.25, 0.3) is 0 Å². The fraction of sp³-hybridized carbons (Fsp3) is 0.700. The van der Waals surface area contributed by atoms with Crippen LogP contribution in [-0.2, 0) is 14.3 Å². The molecule has 74 valence electrons. The van der Waals surface area contributed by atoms with Crippen LogP contribution < -0.4 is 0 Å². The Labute approximate surface area is 78.7 Å². The summed E-state index contributed by atoms with van der Waals surface area (Å²) in [5.74, 6) is -0.354. The highest BCUT2D eigenvalue weighted by Gasteiger charge is 2.43. The zero-order valence-electron chi connectivity index (χ0n) is 8.21. The van der Waals surface area contributed by atoms with Gasteiger partial charge in [-0.25, -0.2) is 4.79 Å². The smallest absolute Gasteiger partial charge is 0.330 e. The van der Waals surface area contributed by atoms with E-state index in [1.54, 1.807) is 0 Å². The summed E-state index contributed by atoms with van der Waals surface area (Å²) in [5, 5.41) is 0. The van der Waals surface area contributed by atoms with Gasteiger partial charge in [-0.2, -0.15) is 0 Å². The van der Waals surface area contributed by atoms with Gasteiger partial charge in [0, 0.05) is 6.08 Å². The first kappa shape index (κ1) is 10.3. The molecular weight excluding hydrogens is 168 g/mol. The third-order valence-corrected chi connectivity index (χ3v) is 2.81. The van der Waals surface area contributed by atoms with Gasteiger partial charge in [0.05, 0.1) is 18.6 Å². The minimum Gasteiger partial charge on any atom is -0.459 e. The minimum atomic E-state index is -0.354. The first-order valence-electron chi connectivity index (χ1n) is 4.55. The molecule has 0 aromatic rings. The molecule has 0 aromatic heterocycles. The number of rotatable bonds is 4. The second kappa shape index (κ2) is 3.92. The number of carbonyl (C=O) groups excluding carboxylic acids is 1. The number of hydrogen-bond donors (Lipinski definition) is 0. The third-order valence-electron chi connectivity index (χ3n) is 2.81. The predicted octanol–water partition coefficient (Wildman–Crippen LogP) is 1.53. The molecule has 3 heteroatoms. The maximum Gasteiger partial charge on any atom is 0.330 e. The van der Waals surface area contributed by atoms with Gasteiger partial charge in [0.1, 0.15) is 6.10 Å². The molecule has 1 unspecified atom stereocenters. The fourth-order valence-electron chi connectivity index (χ4n) is 1.44. The Balaban J connectivity index is 2.49. The highest BCUT2D eigenvalue weighted by atomic mass is 16.6. The second-order valence-electron chi connectivity index (χ2n) is 3.49. The Morgan fingerprint density at radius 1 is 1.77 bits per heavy atom. The normalized spacial score (nSPS) is 21.4. The Morgan fingerprint density at radius 2 is 2.38 bits per heavy atom. The van der Waals surface area contributed by atoms with Crippen molar-refractivity contribution >= 4 is 5.97 Å². The Kier molecular flexibility index (Phi) is 3.09. The zero-order valence-corrected chi connectivity index (χ0v) is 8.21. The molecule has 0 amide bonds. The van der Waals surface area contributed by atoms with Crippen LogP contribution in [0, 0.1) is 5.41 Å². The van der Waals surface area contributed by atoms with Gasteiger partial charge < -0.3 is 9.47 Å². The van der Waals surface area contributed by atoms with Crippen molar-refractivity contribution in [1.29, 1.82) is 0 Å². The molecule has 0 aromatic carbocycles. The van der Waals surface area contributed by atoms with Crippen LogP contribution >= 0.6 is 0 Å². The van der Waals surface area contributed by atoms with E-state index in [4.69, 9.17) is 9.47 Å². The molecule has 0 radical (unpaired) electrons. The van der Waals surface area contributed by atoms with E-state index in [0.717, 1.165) is 6.42 Å². The van der Waals surface area contributed by atoms with Crippen LogP contribution in [-0.4, -0.2) is 25.3 Å². The van der Waals surface area contributed by atoms with Crippen LogP contribution in [0.15, 0.2) is 12.7 Å². The Hall–Kier alpha value is -0.830. The van der Waals surface area contributed by atoms with Gasteiger partial charge >= 0.3 is 5.97 Å². The molecule has 1 rings (SSSR count). The summed E-state index contributed by atoms with van der Waals surface area (Å²) in [5.41, 5.74) is 0.0403. The van der Waals surface area contributed by atoms with Crippen LogP contribution in [0.4, 0.5) is 0 Å².